The van der Waals surface area contributed by atoms with Gasteiger partial charge in [-0.2, -0.15) is 0 Å². The maximum atomic E-state index is 12.6. The number of carbonyl (C=O) groups is 1. The van der Waals surface area contributed by atoms with Gasteiger partial charge in [-0.3, -0.25) is 14.2 Å². The van der Waals surface area contributed by atoms with Crippen molar-refractivity contribution in [1.29, 1.82) is 0 Å². The first-order valence-corrected chi connectivity index (χ1v) is 9.96. The molecule has 27 heavy (non-hydrogen) atoms. The fraction of sp³-hybridized carbons (Fsp3) is 0.238. The SMILES string of the molecule is CCC.Cc1ccc(-n2cccc(CNC(=O)c3ccc(Cl)s3)c2=O)cc1. The molecular formula is C21H23ClN2O2S. The fourth-order valence-corrected chi connectivity index (χ4v) is 3.24. The number of carbonyl (C=O) groups excluding carboxylic acids is 1. The van der Waals surface area contributed by atoms with Gasteiger partial charge in [-0.1, -0.05) is 55.6 Å². The van der Waals surface area contributed by atoms with E-state index in [1.165, 1.54) is 17.8 Å². The van der Waals surface area contributed by atoms with Gasteiger partial charge < -0.3 is 5.32 Å². The second-order valence-corrected chi connectivity index (χ2v) is 7.75. The molecule has 3 rings (SSSR count). The Bertz CT molecular complexity index is 945. The molecule has 4 nitrogen and oxygen atoms in total. The molecule has 142 valence electrons. The van der Waals surface area contributed by atoms with Crippen LogP contribution in [0.3, 0.4) is 0 Å². The van der Waals surface area contributed by atoms with Gasteiger partial charge in [0.1, 0.15) is 0 Å². The number of amides is 1. The molecule has 0 radical (unpaired) electrons. The minimum Gasteiger partial charge on any atom is -0.347 e. The number of nitrogens with zero attached hydrogens (tertiary/aromatic N) is 1. The van der Waals surface area contributed by atoms with Crippen molar-refractivity contribution < 1.29 is 4.79 Å². The highest BCUT2D eigenvalue weighted by Gasteiger charge is 2.10. The summed E-state index contributed by atoms with van der Waals surface area (Å²) in [7, 11) is 0. The van der Waals surface area contributed by atoms with E-state index >= 15 is 0 Å². The molecule has 0 fully saturated rings. The third kappa shape index (κ3) is 5.81. The first kappa shape index (κ1) is 20.9. The zero-order valence-electron chi connectivity index (χ0n) is 15.7. The van der Waals surface area contributed by atoms with E-state index in [1.54, 1.807) is 35.0 Å². The molecule has 0 bridgehead atoms. The molecule has 1 aromatic carbocycles. The summed E-state index contributed by atoms with van der Waals surface area (Å²) in [5.74, 6) is -0.239. The van der Waals surface area contributed by atoms with Gasteiger partial charge in [0.15, 0.2) is 0 Å². The lowest BCUT2D eigenvalue weighted by molar-refractivity contribution is 0.0955. The minimum absolute atomic E-state index is 0.147. The van der Waals surface area contributed by atoms with Crippen LogP contribution in [-0.2, 0) is 6.54 Å². The molecule has 0 saturated carbocycles. The molecule has 1 N–H and O–H groups in total. The zero-order chi connectivity index (χ0) is 19.8. The number of pyridine rings is 1. The molecule has 2 aromatic heterocycles. The predicted molar refractivity (Wildman–Crippen MR) is 113 cm³/mol. The average Bonchev–Trinajstić information content (AvgIpc) is 3.09. The summed E-state index contributed by atoms with van der Waals surface area (Å²) in [5.41, 5.74) is 2.30. The molecule has 1 amide bonds. The number of rotatable bonds is 4. The van der Waals surface area contributed by atoms with Crippen LogP contribution in [0.1, 0.15) is 41.1 Å². The molecule has 0 aliphatic rings. The predicted octanol–water partition coefficient (Wildman–Crippen LogP) is 5.21. The van der Waals surface area contributed by atoms with Crippen LogP contribution in [0.15, 0.2) is 59.5 Å². The van der Waals surface area contributed by atoms with Gasteiger partial charge in [0.05, 0.1) is 9.21 Å². The topological polar surface area (TPSA) is 51.1 Å². The standard InChI is InChI=1S/C18H15ClN2O2S.C3H8/c1-12-4-6-14(7-5-12)21-10-2-3-13(18(21)23)11-20-17(22)15-8-9-16(19)24-15;1-3-2/h2-10H,11H2,1H3,(H,20,22);3H2,1-2H3. The van der Waals surface area contributed by atoms with E-state index in [9.17, 15) is 9.59 Å². The smallest absolute Gasteiger partial charge is 0.261 e. The number of thiophene rings is 1. The monoisotopic (exact) mass is 402 g/mol. The Balaban J connectivity index is 0.000000817. The summed E-state index contributed by atoms with van der Waals surface area (Å²) in [6.45, 7) is 6.41. The molecule has 6 heteroatoms. The second kappa shape index (κ2) is 10.1. The number of hydrogen-bond acceptors (Lipinski definition) is 3. The highest BCUT2D eigenvalue weighted by molar-refractivity contribution is 7.17. The molecular weight excluding hydrogens is 380 g/mol. The number of benzene rings is 1. The van der Waals surface area contributed by atoms with Crippen LogP contribution in [-0.4, -0.2) is 10.5 Å². The first-order valence-electron chi connectivity index (χ1n) is 8.77. The number of halogens is 1. The Morgan fingerprint density at radius 1 is 1.11 bits per heavy atom. The van der Waals surface area contributed by atoms with Crippen molar-refractivity contribution in [3.8, 4) is 5.69 Å². The van der Waals surface area contributed by atoms with Crippen molar-refractivity contribution in [3.05, 3.63) is 85.4 Å². The second-order valence-electron chi connectivity index (χ2n) is 6.04. The van der Waals surface area contributed by atoms with Gasteiger partial charge in [-0.15, -0.1) is 11.3 Å². The summed E-state index contributed by atoms with van der Waals surface area (Å²) in [6, 6.07) is 14.6. The van der Waals surface area contributed by atoms with Crippen LogP contribution in [0, 0.1) is 6.92 Å². The van der Waals surface area contributed by atoms with Crippen molar-refractivity contribution >= 4 is 28.8 Å². The van der Waals surface area contributed by atoms with Crippen molar-refractivity contribution in [2.75, 3.05) is 0 Å². The Hall–Kier alpha value is -2.37. The highest BCUT2D eigenvalue weighted by Crippen LogP contribution is 2.21. The number of nitrogens with one attached hydrogen (secondary N) is 1. The van der Waals surface area contributed by atoms with Crippen LogP contribution < -0.4 is 10.9 Å². The van der Waals surface area contributed by atoms with Crippen LogP contribution in [0.2, 0.25) is 4.34 Å². The lowest BCUT2D eigenvalue weighted by atomic mass is 10.2. The Morgan fingerprint density at radius 3 is 2.37 bits per heavy atom. The van der Waals surface area contributed by atoms with Crippen LogP contribution in [0.4, 0.5) is 0 Å². The Kier molecular flexibility index (Phi) is 7.82. The van der Waals surface area contributed by atoms with Crippen LogP contribution in [0.25, 0.3) is 5.69 Å². The molecule has 0 aliphatic carbocycles. The summed E-state index contributed by atoms with van der Waals surface area (Å²) in [4.78, 5) is 25.2. The third-order valence-electron chi connectivity index (χ3n) is 3.57. The molecule has 0 atom stereocenters. The quantitative estimate of drug-likeness (QED) is 0.651. The van der Waals surface area contributed by atoms with Gasteiger partial charge >= 0.3 is 0 Å². The molecule has 0 unspecified atom stereocenters. The van der Waals surface area contributed by atoms with E-state index < -0.39 is 0 Å². The van der Waals surface area contributed by atoms with Crippen LogP contribution in [0.5, 0.6) is 0 Å². The summed E-state index contributed by atoms with van der Waals surface area (Å²) < 4.78 is 2.13. The number of aromatic nitrogens is 1. The van der Waals surface area contributed by atoms with E-state index in [0.29, 0.717) is 14.8 Å². The van der Waals surface area contributed by atoms with E-state index in [2.05, 4.69) is 19.2 Å². The first-order chi connectivity index (χ1) is 13.0. The Morgan fingerprint density at radius 2 is 1.78 bits per heavy atom. The Labute approximate surface area is 168 Å². The van der Waals surface area contributed by atoms with Crippen molar-refractivity contribution in [2.24, 2.45) is 0 Å². The maximum Gasteiger partial charge on any atom is 0.261 e. The van der Waals surface area contributed by atoms with Crippen LogP contribution >= 0.6 is 22.9 Å². The molecule has 2 heterocycles. The molecule has 0 aliphatic heterocycles. The number of hydrogen-bond donors (Lipinski definition) is 1. The number of aryl methyl sites for hydroxylation is 1. The average molecular weight is 403 g/mol. The van der Waals surface area contributed by atoms with Gasteiger partial charge in [0.2, 0.25) is 0 Å². The van der Waals surface area contributed by atoms with Gasteiger partial charge in [-0.25, -0.2) is 0 Å². The van der Waals surface area contributed by atoms with Gasteiger partial charge in [0.25, 0.3) is 11.5 Å². The van der Waals surface area contributed by atoms with Crippen molar-refractivity contribution in [2.45, 2.75) is 33.7 Å². The van der Waals surface area contributed by atoms with E-state index in [-0.39, 0.29) is 18.0 Å². The summed E-state index contributed by atoms with van der Waals surface area (Å²) in [6.07, 6.45) is 2.97. The lowest BCUT2D eigenvalue weighted by Crippen LogP contribution is -2.28. The van der Waals surface area contributed by atoms with Gasteiger partial charge in [-0.05, 0) is 37.3 Å². The van der Waals surface area contributed by atoms with E-state index in [1.807, 2.05) is 31.2 Å². The largest absolute Gasteiger partial charge is 0.347 e. The minimum atomic E-state index is -0.239. The van der Waals surface area contributed by atoms with Gasteiger partial charge in [0, 0.05) is 24.0 Å². The lowest BCUT2D eigenvalue weighted by Gasteiger charge is -2.09. The van der Waals surface area contributed by atoms with Crippen molar-refractivity contribution in [3.63, 3.8) is 0 Å². The highest BCUT2D eigenvalue weighted by atomic mass is 35.5. The molecule has 0 saturated heterocycles. The third-order valence-corrected chi connectivity index (χ3v) is 4.80. The molecule has 0 spiro atoms. The maximum absolute atomic E-state index is 12.6. The van der Waals surface area contributed by atoms with E-state index in [4.69, 9.17) is 11.6 Å². The fourth-order valence-electron chi connectivity index (χ4n) is 2.28. The summed E-state index contributed by atoms with van der Waals surface area (Å²) >= 11 is 7.04. The summed E-state index contributed by atoms with van der Waals surface area (Å²) in [5, 5.41) is 2.76. The normalized spacial score (nSPS) is 10.1. The molecule has 3 aromatic rings. The van der Waals surface area contributed by atoms with Crippen molar-refractivity contribution in [1.82, 2.24) is 9.88 Å². The zero-order valence-corrected chi connectivity index (χ0v) is 17.2. The van der Waals surface area contributed by atoms with E-state index in [0.717, 1.165) is 11.3 Å².